The van der Waals surface area contributed by atoms with E-state index in [-0.39, 0.29) is 0 Å². The third kappa shape index (κ3) is 3.44. The molecule has 1 unspecified atom stereocenters. The number of nitrogens with zero attached hydrogens (tertiary/aromatic N) is 1. The van der Waals surface area contributed by atoms with Gasteiger partial charge in [-0.05, 0) is 38.3 Å². The molecule has 1 aliphatic heterocycles. The highest BCUT2D eigenvalue weighted by atomic mass is 79.9. The van der Waals surface area contributed by atoms with Crippen LogP contribution in [0.3, 0.4) is 0 Å². The Balaban J connectivity index is 2.16. The van der Waals surface area contributed by atoms with Crippen LogP contribution in [-0.4, -0.2) is 29.9 Å². The molecule has 0 spiro atoms. The van der Waals surface area contributed by atoms with Gasteiger partial charge in [-0.3, -0.25) is 0 Å². The first-order valence-electron chi connectivity index (χ1n) is 5.15. The molecule has 1 fully saturated rings. The summed E-state index contributed by atoms with van der Waals surface area (Å²) in [5.41, 5.74) is 0. The normalized spacial score (nSPS) is 26.0. The Kier molecular flexibility index (Phi) is 5.24. The lowest BCUT2D eigenvalue weighted by Crippen LogP contribution is -2.36. The fourth-order valence-corrected chi connectivity index (χ4v) is 2.39. The van der Waals surface area contributed by atoms with E-state index >= 15 is 0 Å². The topological polar surface area (TPSA) is 3.24 Å². The summed E-state index contributed by atoms with van der Waals surface area (Å²) in [7, 11) is 0. The zero-order chi connectivity index (χ0) is 8.81. The second kappa shape index (κ2) is 5.98. The minimum Gasteiger partial charge on any atom is -0.303 e. The van der Waals surface area contributed by atoms with Crippen molar-refractivity contribution in [3.05, 3.63) is 0 Å². The summed E-state index contributed by atoms with van der Waals surface area (Å²) in [6.07, 6.45) is 5.53. The molecule has 1 saturated heterocycles. The Morgan fingerprint density at radius 1 is 1.50 bits per heavy atom. The molecule has 0 saturated carbocycles. The SMILES string of the molecule is CCCCN1CCCC(CBr)C1. The zero-order valence-corrected chi connectivity index (χ0v) is 9.65. The van der Waals surface area contributed by atoms with Crippen LogP contribution < -0.4 is 0 Å². The van der Waals surface area contributed by atoms with Crippen molar-refractivity contribution in [3.8, 4) is 0 Å². The maximum Gasteiger partial charge on any atom is 0.00718 e. The van der Waals surface area contributed by atoms with Crippen LogP contribution in [0.25, 0.3) is 0 Å². The molecule has 1 atom stereocenters. The minimum atomic E-state index is 0.913. The van der Waals surface area contributed by atoms with Gasteiger partial charge in [0.15, 0.2) is 0 Å². The Morgan fingerprint density at radius 3 is 3.00 bits per heavy atom. The van der Waals surface area contributed by atoms with Crippen LogP contribution in [0.15, 0.2) is 0 Å². The Labute approximate surface area is 84.6 Å². The molecule has 0 aromatic carbocycles. The zero-order valence-electron chi connectivity index (χ0n) is 8.06. The standard InChI is InChI=1S/C10H20BrN/c1-2-3-6-12-7-4-5-10(8-11)9-12/h10H,2-9H2,1H3. The summed E-state index contributed by atoms with van der Waals surface area (Å²) in [5.74, 6) is 0.913. The Hall–Kier alpha value is 0.440. The van der Waals surface area contributed by atoms with Crippen molar-refractivity contribution in [1.29, 1.82) is 0 Å². The smallest absolute Gasteiger partial charge is 0.00718 e. The third-order valence-electron chi connectivity index (χ3n) is 2.65. The van der Waals surface area contributed by atoms with Gasteiger partial charge in [-0.25, -0.2) is 0 Å². The lowest BCUT2D eigenvalue weighted by atomic mass is 10.00. The predicted molar refractivity (Wildman–Crippen MR) is 57.9 cm³/mol. The molecule has 1 aliphatic rings. The quantitative estimate of drug-likeness (QED) is 0.676. The molecule has 0 bridgehead atoms. The van der Waals surface area contributed by atoms with Crippen molar-refractivity contribution in [2.45, 2.75) is 32.6 Å². The van der Waals surface area contributed by atoms with E-state index in [1.165, 1.54) is 50.6 Å². The van der Waals surface area contributed by atoms with Crippen LogP contribution in [-0.2, 0) is 0 Å². The van der Waals surface area contributed by atoms with E-state index in [2.05, 4.69) is 27.8 Å². The van der Waals surface area contributed by atoms with Gasteiger partial charge in [-0.2, -0.15) is 0 Å². The number of piperidine rings is 1. The van der Waals surface area contributed by atoms with Crippen LogP contribution in [0.2, 0.25) is 0 Å². The minimum absolute atomic E-state index is 0.913. The van der Waals surface area contributed by atoms with Gasteiger partial charge in [0.05, 0.1) is 0 Å². The van der Waals surface area contributed by atoms with Crippen LogP contribution in [0.1, 0.15) is 32.6 Å². The second-order valence-electron chi connectivity index (χ2n) is 3.82. The monoisotopic (exact) mass is 233 g/mol. The molecule has 0 aromatic heterocycles. The molecular weight excluding hydrogens is 214 g/mol. The largest absolute Gasteiger partial charge is 0.303 e. The molecule has 0 amide bonds. The fraction of sp³-hybridized carbons (Fsp3) is 1.00. The number of alkyl halides is 1. The first-order valence-corrected chi connectivity index (χ1v) is 6.27. The average Bonchev–Trinajstić information content (AvgIpc) is 2.15. The molecule has 0 aliphatic carbocycles. The van der Waals surface area contributed by atoms with Crippen LogP contribution in [0, 0.1) is 5.92 Å². The fourth-order valence-electron chi connectivity index (χ4n) is 1.86. The number of unbranched alkanes of at least 4 members (excludes halogenated alkanes) is 1. The highest BCUT2D eigenvalue weighted by Crippen LogP contribution is 2.18. The average molecular weight is 234 g/mol. The molecule has 1 nitrogen and oxygen atoms in total. The highest BCUT2D eigenvalue weighted by Gasteiger charge is 2.17. The van der Waals surface area contributed by atoms with Crippen molar-refractivity contribution in [2.24, 2.45) is 5.92 Å². The number of likely N-dealkylation sites (tertiary alicyclic amines) is 1. The van der Waals surface area contributed by atoms with E-state index in [4.69, 9.17) is 0 Å². The maximum absolute atomic E-state index is 3.58. The summed E-state index contributed by atoms with van der Waals surface area (Å²) >= 11 is 3.58. The van der Waals surface area contributed by atoms with Gasteiger partial charge in [0, 0.05) is 11.9 Å². The van der Waals surface area contributed by atoms with E-state index in [1.54, 1.807) is 0 Å². The van der Waals surface area contributed by atoms with Crippen molar-refractivity contribution in [3.63, 3.8) is 0 Å². The molecule has 2 heteroatoms. The first-order chi connectivity index (χ1) is 5.86. The van der Waals surface area contributed by atoms with Gasteiger partial charge in [0.25, 0.3) is 0 Å². The van der Waals surface area contributed by atoms with Crippen LogP contribution >= 0.6 is 15.9 Å². The molecule has 0 aromatic rings. The van der Waals surface area contributed by atoms with Crippen molar-refractivity contribution < 1.29 is 0 Å². The molecule has 72 valence electrons. The van der Waals surface area contributed by atoms with Gasteiger partial charge in [0.2, 0.25) is 0 Å². The predicted octanol–water partition coefficient (Wildman–Crippen LogP) is 2.89. The van der Waals surface area contributed by atoms with Gasteiger partial charge in [0.1, 0.15) is 0 Å². The summed E-state index contributed by atoms with van der Waals surface area (Å²) in [4.78, 5) is 2.62. The summed E-state index contributed by atoms with van der Waals surface area (Å²) in [6, 6.07) is 0. The maximum atomic E-state index is 3.58. The second-order valence-corrected chi connectivity index (χ2v) is 4.46. The highest BCUT2D eigenvalue weighted by molar-refractivity contribution is 9.09. The Bertz CT molecular complexity index is 116. The van der Waals surface area contributed by atoms with Crippen molar-refractivity contribution >= 4 is 15.9 Å². The molecular formula is C10H20BrN. The van der Waals surface area contributed by atoms with E-state index in [0.717, 1.165) is 5.92 Å². The summed E-state index contributed by atoms with van der Waals surface area (Å²) in [6.45, 7) is 6.25. The van der Waals surface area contributed by atoms with E-state index in [1.807, 2.05) is 0 Å². The Morgan fingerprint density at radius 2 is 2.33 bits per heavy atom. The van der Waals surface area contributed by atoms with E-state index < -0.39 is 0 Å². The van der Waals surface area contributed by atoms with Crippen molar-refractivity contribution in [2.75, 3.05) is 25.0 Å². The summed E-state index contributed by atoms with van der Waals surface area (Å²) < 4.78 is 0. The lowest BCUT2D eigenvalue weighted by molar-refractivity contribution is 0.184. The number of hydrogen-bond acceptors (Lipinski definition) is 1. The van der Waals surface area contributed by atoms with Gasteiger partial charge < -0.3 is 4.90 Å². The van der Waals surface area contributed by atoms with Crippen molar-refractivity contribution in [1.82, 2.24) is 4.90 Å². The molecule has 1 heterocycles. The van der Waals surface area contributed by atoms with Gasteiger partial charge in [-0.1, -0.05) is 29.3 Å². The van der Waals surface area contributed by atoms with Gasteiger partial charge >= 0.3 is 0 Å². The molecule has 0 N–H and O–H groups in total. The number of halogens is 1. The van der Waals surface area contributed by atoms with Gasteiger partial charge in [-0.15, -0.1) is 0 Å². The molecule has 1 rings (SSSR count). The first kappa shape index (κ1) is 10.5. The van der Waals surface area contributed by atoms with E-state index in [0.29, 0.717) is 0 Å². The third-order valence-corrected chi connectivity index (χ3v) is 3.56. The molecule has 12 heavy (non-hydrogen) atoms. The van der Waals surface area contributed by atoms with Crippen LogP contribution in [0.5, 0.6) is 0 Å². The van der Waals surface area contributed by atoms with Crippen LogP contribution in [0.4, 0.5) is 0 Å². The molecule has 0 radical (unpaired) electrons. The number of hydrogen-bond donors (Lipinski definition) is 0. The van der Waals surface area contributed by atoms with E-state index in [9.17, 15) is 0 Å². The lowest BCUT2D eigenvalue weighted by Gasteiger charge is -2.31. The number of rotatable bonds is 4. The summed E-state index contributed by atoms with van der Waals surface area (Å²) in [5, 5.41) is 1.19.